The Labute approximate surface area is 189 Å². The Morgan fingerprint density at radius 1 is 1.06 bits per heavy atom. The summed E-state index contributed by atoms with van der Waals surface area (Å²) in [6.45, 7) is 0. The van der Waals surface area contributed by atoms with Crippen molar-refractivity contribution < 1.29 is 19.0 Å². The van der Waals surface area contributed by atoms with E-state index in [4.69, 9.17) is 9.84 Å². The molecule has 2 heterocycles. The number of imidazole rings is 1. The molecule has 33 heavy (non-hydrogen) atoms. The Balaban J connectivity index is 1.25. The predicted molar refractivity (Wildman–Crippen MR) is 121 cm³/mol. The summed E-state index contributed by atoms with van der Waals surface area (Å²) in [5.74, 6) is -0.438. The lowest BCUT2D eigenvalue weighted by molar-refractivity contribution is -0.138. The van der Waals surface area contributed by atoms with Crippen molar-refractivity contribution in [3.63, 3.8) is 0 Å². The van der Waals surface area contributed by atoms with Crippen molar-refractivity contribution in [3.05, 3.63) is 60.7 Å². The molecule has 0 bridgehead atoms. The van der Waals surface area contributed by atoms with Crippen LogP contribution in [0.5, 0.6) is 6.01 Å². The van der Waals surface area contributed by atoms with Crippen LogP contribution < -0.4 is 4.74 Å². The Kier molecular flexibility index (Phi) is 5.73. The number of hydrogen-bond acceptors (Lipinski definition) is 5. The number of nitrogens with zero attached hydrogens (tertiary/aromatic N) is 3. The van der Waals surface area contributed by atoms with E-state index in [0.717, 1.165) is 36.7 Å². The van der Waals surface area contributed by atoms with E-state index < -0.39 is 5.97 Å². The van der Waals surface area contributed by atoms with Crippen LogP contribution in [0.3, 0.4) is 0 Å². The second-order valence-electron chi connectivity index (χ2n) is 8.41. The van der Waals surface area contributed by atoms with Gasteiger partial charge in [-0.15, -0.1) is 0 Å². The van der Waals surface area contributed by atoms with Crippen molar-refractivity contribution in [2.75, 3.05) is 0 Å². The molecule has 0 aliphatic heterocycles. The molecule has 2 N–H and O–H groups in total. The molecule has 0 unspecified atom stereocenters. The molecule has 1 saturated carbocycles. The lowest BCUT2D eigenvalue weighted by atomic mass is 9.85. The zero-order valence-corrected chi connectivity index (χ0v) is 17.9. The van der Waals surface area contributed by atoms with Crippen LogP contribution in [0.15, 0.2) is 54.9 Å². The van der Waals surface area contributed by atoms with Crippen molar-refractivity contribution in [3.8, 4) is 28.5 Å². The maximum Gasteiger partial charge on any atom is 0.316 e. The van der Waals surface area contributed by atoms with Crippen molar-refractivity contribution in [2.45, 2.75) is 38.2 Å². The Morgan fingerprint density at radius 2 is 1.82 bits per heavy atom. The number of fused-ring (bicyclic) bond motifs is 1. The largest absolute Gasteiger partial charge is 0.481 e. The second kappa shape index (κ2) is 8.97. The van der Waals surface area contributed by atoms with Gasteiger partial charge in [-0.25, -0.2) is 19.3 Å². The highest BCUT2D eigenvalue weighted by molar-refractivity contribution is 5.80. The summed E-state index contributed by atoms with van der Waals surface area (Å²) in [6, 6.07) is 12.8. The number of H-pyrrole nitrogens is 1. The first kappa shape index (κ1) is 21.1. The summed E-state index contributed by atoms with van der Waals surface area (Å²) in [6.07, 6.45) is 6.67. The van der Waals surface area contributed by atoms with Gasteiger partial charge >= 0.3 is 12.0 Å². The highest BCUT2D eigenvalue weighted by atomic mass is 19.1. The van der Waals surface area contributed by atoms with Gasteiger partial charge in [0.05, 0.1) is 16.6 Å². The Bertz CT molecular complexity index is 1250. The third-order valence-electron chi connectivity index (χ3n) is 6.10. The molecule has 5 rings (SSSR count). The van der Waals surface area contributed by atoms with Gasteiger partial charge in [0.25, 0.3) is 0 Å². The van der Waals surface area contributed by atoms with Crippen LogP contribution in [0.1, 0.15) is 32.1 Å². The minimum Gasteiger partial charge on any atom is -0.481 e. The zero-order chi connectivity index (χ0) is 22.8. The van der Waals surface area contributed by atoms with Crippen LogP contribution in [0.25, 0.3) is 33.5 Å². The van der Waals surface area contributed by atoms with Crippen LogP contribution in [-0.4, -0.2) is 37.1 Å². The highest BCUT2D eigenvalue weighted by Gasteiger charge is 2.24. The van der Waals surface area contributed by atoms with E-state index in [0.29, 0.717) is 22.5 Å². The van der Waals surface area contributed by atoms with Gasteiger partial charge < -0.3 is 14.8 Å². The van der Waals surface area contributed by atoms with Gasteiger partial charge in [-0.1, -0.05) is 18.2 Å². The Hall–Kier alpha value is -3.81. The maximum absolute atomic E-state index is 14.9. The Morgan fingerprint density at radius 3 is 2.52 bits per heavy atom. The number of ether oxygens (including phenoxy) is 1. The normalized spacial score (nSPS) is 18.3. The number of nitrogens with one attached hydrogen (secondary N) is 1. The maximum atomic E-state index is 14.9. The molecule has 168 valence electrons. The number of para-hydroxylation sites is 2. The molecule has 2 aromatic heterocycles. The van der Waals surface area contributed by atoms with E-state index in [-0.39, 0.29) is 30.3 Å². The topological polar surface area (TPSA) is 101 Å². The number of benzene rings is 2. The number of aromatic nitrogens is 4. The number of carboxylic acid groups (broad SMARTS) is 1. The summed E-state index contributed by atoms with van der Waals surface area (Å²) in [4.78, 5) is 27.0. The molecule has 7 nitrogen and oxygen atoms in total. The van der Waals surface area contributed by atoms with Gasteiger partial charge in [0, 0.05) is 24.4 Å². The third-order valence-corrected chi connectivity index (χ3v) is 6.10. The van der Waals surface area contributed by atoms with Crippen molar-refractivity contribution in [2.24, 2.45) is 5.92 Å². The van der Waals surface area contributed by atoms with Gasteiger partial charge in [-0.05, 0) is 61.4 Å². The van der Waals surface area contributed by atoms with Crippen LogP contribution in [0, 0.1) is 11.7 Å². The molecular weight excluding hydrogens is 423 g/mol. The third kappa shape index (κ3) is 4.69. The molecule has 0 spiro atoms. The summed E-state index contributed by atoms with van der Waals surface area (Å²) in [5.41, 5.74) is 3.38. The molecule has 8 heteroatoms. The van der Waals surface area contributed by atoms with Crippen LogP contribution >= 0.6 is 0 Å². The molecular formula is C25H23FN4O3. The molecule has 2 aromatic carbocycles. The number of carboxylic acids is 1. The van der Waals surface area contributed by atoms with E-state index in [1.165, 1.54) is 6.07 Å². The monoisotopic (exact) mass is 446 g/mol. The lowest BCUT2D eigenvalue weighted by Gasteiger charge is -2.27. The zero-order valence-electron chi connectivity index (χ0n) is 17.9. The molecule has 1 aliphatic carbocycles. The fourth-order valence-electron chi connectivity index (χ4n) is 4.34. The molecule has 0 radical (unpaired) electrons. The average Bonchev–Trinajstić information content (AvgIpc) is 3.24. The standard InChI is InChI=1S/C25H23FN4O3/c26-20-12-16(7-10-19(20)24-29-21-3-1-2-4-22(21)30-24)17-13-27-25(28-14-17)33-18-8-5-15(6-9-18)11-23(31)32/h1-4,7,10,12-15,18H,5-6,8-9,11H2,(H,29,30)(H,31,32)/t15-,18+. The number of carbonyl (C=O) groups is 1. The summed E-state index contributed by atoms with van der Waals surface area (Å²) < 4.78 is 20.8. The average molecular weight is 446 g/mol. The first-order valence-corrected chi connectivity index (χ1v) is 11.0. The lowest BCUT2D eigenvalue weighted by Crippen LogP contribution is -2.25. The van der Waals surface area contributed by atoms with Gasteiger partial charge in [-0.3, -0.25) is 4.79 Å². The summed E-state index contributed by atoms with van der Waals surface area (Å²) >= 11 is 0. The fraction of sp³-hybridized carbons (Fsp3) is 0.280. The van der Waals surface area contributed by atoms with Crippen molar-refractivity contribution in [1.82, 2.24) is 19.9 Å². The van der Waals surface area contributed by atoms with E-state index >= 15 is 0 Å². The number of aliphatic carboxylic acids is 1. The smallest absolute Gasteiger partial charge is 0.316 e. The van der Waals surface area contributed by atoms with E-state index in [1.54, 1.807) is 18.5 Å². The molecule has 0 amide bonds. The SMILES string of the molecule is O=C(O)C[C@H]1CC[C@@H](Oc2ncc(-c3ccc(-c4nc5ccccc5[nH]4)c(F)c3)cn2)CC1. The molecule has 4 aromatic rings. The molecule has 1 fully saturated rings. The quantitative estimate of drug-likeness (QED) is 0.420. The number of aromatic amines is 1. The minimum atomic E-state index is -0.750. The number of hydrogen-bond donors (Lipinski definition) is 2. The van der Waals surface area contributed by atoms with Gasteiger partial charge in [0.2, 0.25) is 0 Å². The van der Waals surface area contributed by atoms with E-state index in [9.17, 15) is 9.18 Å². The molecule has 0 atom stereocenters. The summed E-state index contributed by atoms with van der Waals surface area (Å²) in [5, 5.41) is 8.93. The first-order valence-electron chi connectivity index (χ1n) is 11.0. The van der Waals surface area contributed by atoms with Crippen LogP contribution in [-0.2, 0) is 4.79 Å². The van der Waals surface area contributed by atoms with Gasteiger partial charge in [0.15, 0.2) is 0 Å². The van der Waals surface area contributed by atoms with Crippen molar-refractivity contribution in [1.29, 1.82) is 0 Å². The second-order valence-corrected chi connectivity index (χ2v) is 8.41. The van der Waals surface area contributed by atoms with Crippen molar-refractivity contribution >= 4 is 17.0 Å². The minimum absolute atomic E-state index is 0.0126. The number of rotatable bonds is 6. The highest BCUT2D eigenvalue weighted by Crippen LogP contribution is 2.30. The first-order chi connectivity index (χ1) is 16.0. The number of halogens is 1. The van der Waals surface area contributed by atoms with Gasteiger partial charge in [-0.2, -0.15) is 0 Å². The van der Waals surface area contributed by atoms with Gasteiger partial charge in [0.1, 0.15) is 17.7 Å². The van der Waals surface area contributed by atoms with E-state index in [2.05, 4.69) is 19.9 Å². The molecule has 1 aliphatic rings. The predicted octanol–water partition coefficient (Wildman–Crippen LogP) is 5.24. The van der Waals surface area contributed by atoms with Crippen LogP contribution in [0.2, 0.25) is 0 Å². The molecule has 0 saturated heterocycles. The van der Waals surface area contributed by atoms with E-state index in [1.807, 2.05) is 30.3 Å². The van der Waals surface area contributed by atoms with Crippen LogP contribution in [0.4, 0.5) is 4.39 Å². The summed E-state index contributed by atoms with van der Waals surface area (Å²) in [7, 11) is 0. The fourth-order valence-corrected chi connectivity index (χ4v) is 4.34.